The molecular formula is C8H11NOS. The van der Waals surface area contributed by atoms with Gasteiger partial charge in [-0.2, -0.15) is 0 Å². The van der Waals surface area contributed by atoms with Gasteiger partial charge in [0.1, 0.15) is 11.0 Å². The molecule has 0 aliphatic rings. The lowest BCUT2D eigenvalue weighted by Crippen LogP contribution is -2.02. The second kappa shape index (κ2) is 3.64. The van der Waals surface area contributed by atoms with Gasteiger partial charge in [0, 0.05) is 0 Å². The Balaban J connectivity index is 3.01. The van der Waals surface area contributed by atoms with Crippen LogP contribution in [-0.4, -0.2) is 4.21 Å². The maximum Gasteiger partial charge on any atom is 0.122 e. The fraction of sp³-hybridized carbons (Fsp3) is 0.250. The third kappa shape index (κ3) is 2.13. The van der Waals surface area contributed by atoms with Gasteiger partial charge >= 0.3 is 0 Å². The highest BCUT2D eigenvalue weighted by Gasteiger charge is 1.96. The number of nitrogens with two attached hydrogens (primary N) is 1. The molecule has 1 rings (SSSR count). The van der Waals surface area contributed by atoms with Gasteiger partial charge in [-0.3, -0.25) is 0 Å². The Hall–Kier alpha value is -0.670. The maximum absolute atomic E-state index is 10.8. The Bertz CT molecular complexity index is 273. The Morgan fingerprint density at radius 3 is 2.82 bits per heavy atom. The van der Waals surface area contributed by atoms with Crippen LogP contribution in [0.1, 0.15) is 12.5 Å². The highest BCUT2D eigenvalue weighted by atomic mass is 32.2. The summed E-state index contributed by atoms with van der Waals surface area (Å²) in [7, 11) is -1.34. The average molecular weight is 169 g/mol. The summed E-state index contributed by atoms with van der Waals surface area (Å²) in [6, 6.07) is 7.51. The highest BCUT2D eigenvalue weighted by Crippen LogP contribution is 2.07. The lowest BCUT2D eigenvalue weighted by molar-refractivity contribution is 0.684. The molecule has 0 amide bonds. The second-order valence-corrected chi connectivity index (χ2v) is 3.36. The molecule has 0 radical (unpaired) electrons. The zero-order chi connectivity index (χ0) is 8.27. The van der Waals surface area contributed by atoms with Crippen LogP contribution in [0.4, 0.5) is 0 Å². The zero-order valence-corrected chi connectivity index (χ0v) is 7.23. The molecule has 60 valence electrons. The van der Waals surface area contributed by atoms with Crippen molar-refractivity contribution in [2.75, 3.05) is 0 Å². The molecule has 1 atom stereocenters. The van der Waals surface area contributed by atoms with Crippen LogP contribution in [0.2, 0.25) is 0 Å². The second-order valence-electron chi connectivity index (χ2n) is 2.30. The van der Waals surface area contributed by atoms with Crippen molar-refractivity contribution >= 4 is 11.0 Å². The standard InChI is InChI=1S/C8H11NOS/c1-2-7-4-3-5-8(6-7)11(9)10/h3-6H,2,9H2,1H3. The third-order valence-corrected chi connectivity index (χ3v) is 2.26. The average Bonchev–Trinajstić information content (AvgIpc) is 2.05. The van der Waals surface area contributed by atoms with Crippen LogP contribution < -0.4 is 5.14 Å². The van der Waals surface area contributed by atoms with Gasteiger partial charge in [0.15, 0.2) is 0 Å². The van der Waals surface area contributed by atoms with Crippen molar-refractivity contribution in [3.05, 3.63) is 29.8 Å². The van der Waals surface area contributed by atoms with Crippen LogP contribution in [0.5, 0.6) is 0 Å². The van der Waals surface area contributed by atoms with Crippen molar-refractivity contribution in [3.8, 4) is 0 Å². The molecule has 3 heteroatoms. The van der Waals surface area contributed by atoms with E-state index in [4.69, 9.17) is 5.14 Å². The number of aryl methyl sites for hydroxylation is 1. The summed E-state index contributed by atoms with van der Waals surface area (Å²) in [6.45, 7) is 2.05. The van der Waals surface area contributed by atoms with Gasteiger partial charge in [0.2, 0.25) is 0 Å². The molecule has 0 aliphatic carbocycles. The Labute approximate surface area is 69.0 Å². The van der Waals surface area contributed by atoms with Gasteiger partial charge in [-0.25, -0.2) is 9.35 Å². The van der Waals surface area contributed by atoms with E-state index in [-0.39, 0.29) is 0 Å². The molecule has 0 spiro atoms. The van der Waals surface area contributed by atoms with Gasteiger partial charge < -0.3 is 0 Å². The Kier molecular flexibility index (Phi) is 2.79. The molecule has 0 aromatic heterocycles. The summed E-state index contributed by atoms with van der Waals surface area (Å²) < 4.78 is 10.8. The molecular weight excluding hydrogens is 158 g/mol. The van der Waals surface area contributed by atoms with Crippen LogP contribution in [0.15, 0.2) is 29.2 Å². The number of hydrogen-bond acceptors (Lipinski definition) is 1. The normalized spacial score (nSPS) is 12.9. The molecule has 1 unspecified atom stereocenters. The van der Waals surface area contributed by atoms with E-state index in [9.17, 15) is 4.21 Å². The first kappa shape index (κ1) is 8.43. The Morgan fingerprint density at radius 1 is 1.55 bits per heavy atom. The summed E-state index contributed by atoms with van der Waals surface area (Å²) in [5.74, 6) is 0. The van der Waals surface area contributed by atoms with E-state index in [1.165, 1.54) is 5.56 Å². The SMILES string of the molecule is CCc1cccc(S(N)=O)c1. The number of hydrogen-bond donors (Lipinski definition) is 1. The summed E-state index contributed by atoms with van der Waals surface area (Å²) >= 11 is 0. The fourth-order valence-corrected chi connectivity index (χ4v) is 1.37. The molecule has 0 fully saturated rings. The van der Waals surface area contributed by atoms with E-state index in [1.54, 1.807) is 6.07 Å². The minimum Gasteiger partial charge on any atom is -0.248 e. The van der Waals surface area contributed by atoms with E-state index in [0.717, 1.165) is 6.42 Å². The molecule has 0 bridgehead atoms. The summed E-state index contributed by atoms with van der Waals surface area (Å²) in [6.07, 6.45) is 0.949. The largest absolute Gasteiger partial charge is 0.248 e. The fourth-order valence-electron chi connectivity index (χ4n) is 0.891. The topological polar surface area (TPSA) is 43.1 Å². The maximum atomic E-state index is 10.8. The molecule has 2 nitrogen and oxygen atoms in total. The third-order valence-electron chi connectivity index (χ3n) is 1.54. The summed E-state index contributed by atoms with van der Waals surface area (Å²) in [4.78, 5) is 0.698. The molecule has 0 saturated carbocycles. The number of rotatable bonds is 2. The molecule has 2 N–H and O–H groups in total. The highest BCUT2D eigenvalue weighted by molar-refractivity contribution is 7.82. The van der Waals surface area contributed by atoms with Gasteiger partial charge in [-0.05, 0) is 24.1 Å². The molecule has 1 aromatic carbocycles. The van der Waals surface area contributed by atoms with Crippen LogP contribution in [0.3, 0.4) is 0 Å². The summed E-state index contributed by atoms with van der Waals surface area (Å²) in [5, 5.41) is 5.21. The first-order valence-electron chi connectivity index (χ1n) is 3.49. The van der Waals surface area contributed by atoms with Gasteiger partial charge in [0.25, 0.3) is 0 Å². The van der Waals surface area contributed by atoms with Crippen molar-refractivity contribution in [1.82, 2.24) is 0 Å². The van der Waals surface area contributed by atoms with Crippen LogP contribution >= 0.6 is 0 Å². The predicted octanol–water partition coefficient (Wildman–Crippen LogP) is 1.23. The van der Waals surface area contributed by atoms with Crippen LogP contribution in [0, 0.1) is 0 Å². The van der Waals surface area contributed by atoms with E-state index >= 15 is 0 Å². The van der Waals surface area contributed by atoms with Gasteiger partial charge in [-0.15, -0.1) is 0 Å². The van der Waals surface area contributed by atoms with Gasteiger partial charge in [0.05, 0.1) is 4.90 Å². The minimum absolute atomic E-state index is 0.698. The minimum atomic E-state index is -1.34. The molecule has 0 aliphatic heterocycles. The molecule has 11 heavy (non-hydrogen) atoms. The van der Waals surface area contributed by atoms with E-state index in [2.05, 4.69) is 6.92 Å². The quantitative estimate of drug-likeness (QED) is 0.711. The first-order valence-corrected chi connectivity index (χ1v) is 4.70. The van der Waals surface area contributed by atoms with Crippen molar-refractivity contribution in [2.24, 2.45) is 5.14 Å². The van der Waals surface area contributed by atoms with Crippen molar-refractivity contribution in [2.45, 2.75) is 18.2 Å². The summed E-state index contributed by atoms with van der Waals surface area (Å²) in [5.41, 5.74) is 1.17. The lowest BCUT2D eigenvalue weighted by Gasteiger charge is -1.98. The van der Waals surface area contributed by atoms with E-state index in [0.29, 0.717) is 4.90 Å². The lowest BCUT2D eigenvalue weighted by atomic mass is 10.2. The van der Waals surface area contributed by atoms with Gasteiger partial charge in [-0.1, -0.05) is 19.1 Å². The van der Waals surface area contributed by atoms with Crippen molar-refractivity contribution < 1.29 is 4.21 Å². The zero-order valence-electron chi connectivity index (χ0n) is 6.41. The monoisotopic (exact) mass is 169 g/mol. The molecule has 0 saturated heterocycles. The Morgan fingerprint density at radius 2 is 2.27 bits per heavy atom. The molecule has 1 aromatic rings. The van der Waals surface area contributed by atoms with E-state index < -0.39 is 11.0 Å². The predicted molar refractivity (Wildman–Crippen MR) is 46.4 cm³/mol. The van der Waals surface area contributed by atoms with Crippen LogP contribution in [-0.2, 0) is 17.4 Å². The van der Waals surface area contributed by atoms with Crippen LogP contribution in [0.25, 0.3) is 0 Å². The molecule has 0 heterocycles. The van der Waals surface area contributed by atoms with Crippen molar-refractivity contribution in [1.29, 1.82) is 0 Å². The number of benzene rings is 1. The first-order chi connectivity index (χ1) is 5.24. The van der Waals surface area contributed by atoms with Crippen molar-refractivity contribution in [3.63, 3.8) is 0 Å². The smallest absolute Gasteiger partial charge is 0.122 e. The van der Waals surface area contributed by atoms with E-state index in [1.807, 2.05) is 18.2 Å².